The van der Waals surface area contributed by atoms with Crippen molar-refractivity contribution < 1.29 is 13.7 Å². The molecule has 29 heavy (non-hydrogen) atoms. The molecule has 0 saturated heterocycles. The fraction of sp³-hybridized carbons (Fsp3) is 0.0870. The van der Waals surface area contributed by atoms with Gasteiger partial charge in [-0.3, -0.25) is 0 Å². The summed E-state index contributed by atoms with van der Waals surface area (Å²) >= 11 is 4.63. The molecule has 0 aliphatic rings. The second kappa shape index (κ2) is 8.61. The number of rotatable bonds is 6. The fourth-order valence-corrected chi connectivity index (χ4v) is 3.05. The lowest BCUT2D eigenvalue weighted by atomic mass is 10.2. The molecule has 0 N–H and O–H groups in total. The molecule has 0 aliphatic heterocycles. The molecule has 0 aliphatic carbocycles. The van der Waals surface area contributed by atoms with Gasteiger partial charge in [-0.2, -0.15) is 4.99 Å². The van der Waals surface area contributed by atoms with Crippen LogP contribution in [0.25, 0.3) is 22.8 Å². The quantitative estimate of drug-likeness (QED) is 0.257. The zero-order valence-electron chi connectivity index (χ0n) is 15.8. The van der Waals surface area contributed by atoms with Crippen molar-refractivity contribution in [2.24, 2.45) is 4.99 Å². The molecule has 0 fully saturated rings. The molecule has 0 amide bonds. The maximum atomic E-state index is 5.94. The summed E-state index contributed by atoms with van der Waals surface area (Å²) in [6.07, 6.45) is 5.79. The largest absolute Gasteiger partial charge is 0.497 e. The lowest BCUT2D eigenvalue weighted by molar-refractivity contribution is -0.688. The second-order valence-electron chi connectivity index (χ2n) is 6.39. The van der Waals surface area contributed by atoms with E-state index in [2.05, 4.69) is 31.9 Å². The summed E-state index contributed by atoms with van der Waals surface area (Å²) in [5.74, 6) is 2.11. The number of benzene rings is 2. The van der Waals surface area contributed by atoms with Gasteiger partial charge in [0.15, 0.2) is 24.7 Å². The minimum atomic E-state index is 0.582. The van der Waals surface area contributed by atoms with E-state index in [1.165, 1.54) is 5.56 Å². The van der Waals surface area contributed by atoms with Crippen LogP contribution < -0.4 is 9.30 Å². The van der Waals surface area contributed by atoms with Gasteiger partial charge in [-0.15, -0.1) is 0 Å². The number of methoxy groups -OCH3 is 1. The maximum absolute atomic E-state index is 5.94. The molecule has 0 radical (unpaired) electrons. The van der Waals surface area contributed by atoms with Crippen molar-refractivity contribution in [1.29, 1.82) is 0 Å². The normalized spacial score (nSPS) is 10.4. The van der Waals surface area contributed by atoms with E-state index in [0.29, 0.717) is 5.89 Å². The average molecular weight is 400 g/mol. The summed E-state index contributed by atoms with van der Waals surface area (Å²) in [6.45, 7) is 0.759. The fourth-order valence-electron chi connectivity index (χ4n) is 2.94. The van der Waals surface area contributed by atoms with Crippen LogP contribution in [0.5, 0.6) is 5.75 Å². The minimum Gasteiger partial charge on any atom is -0.497 e. The van der Waals surface area contributed by atoms with E-state index >= 15 is 0 Å². The van der Waals surface area contributed by atoms with Gasteiger partial charge < -0.3 is 9.15 Å². The third-order valence-electron chi connectivity index (χ3n) is 4.49. The Labute approximate surface area is 174 Å². The molecule has 0 spiro atoms. The highest BCUT2D eigenvalue weighted by molar-refractivity contribution is 7.78. The van der Waals surface area contributed by atoms with Crippen molar-refractivity contribution in [2.75, 3.05) is 7.11 Å². The summed E-state index contributed by atoms with van der Waals surface area (Å²) in [5, 5.41) is 2.38. The van der Waals surface area contributed by atoms with Gasteiger partial charge in [0.2, 0.25) is 5.89 Å². The molecule has 6 heteroatoms. The highest BCUT2D eigenvalue weighted by Gasteiger charge is 2.11. The number of pyridine rings is 1. The molecule has 2 heterocycles. The molecule has 0 saturated carbocycles. The smallest absolute Gasteiger partial charge is 0.226 e. The molecule has 0 bridgehead atoms. The highest BCUT2D eigenvalue weighted by Crippen LogP contribution is 2.26. The number of aliphatic imine (C=N–C) groups is 1. The molecule has 5 nitrogen and oxygen atoms in total. The Morgan fingerprint density at radius 2 is 1.72 bits per heavy atom. The number of thiocarbonyl (C=S) groups is 1. The number of hydrogen-bond acceptors (Lipinski definition) is 5. The molecular formula is C23H18N3O2S+. The zero-order valence-corrected chi connectivity index (χ0v) is 16.6. The Morgan fingerprint density at radius 1 is 1.00 bits per heavy atom. The first-order valence-electron chi connectivity index (χ1n) is 9.02. The van der Waals surface area contributed by atoms with Gasteiger partial charge in [0.1, 0.15) is 5.75 Å². The molecule has 0 unspecified atom stereocenters. The van der Waals surface area contributed by atoms with E-state index in [9.17, 15) is 0 Å². The number of isothiocyanates is 1. The lowest BCUT2D eigenvalue weighted by Crippen LogP contribution is -2.32. The molecule has 2 aromatic carbocycles. The van der Waals surface area contributed by atoms with Crippen LogP contribution in [0, 0.1) is 0 Å². The number of nitrogens with zero attached hydrogens (tertiary/aromatic N) is 3. The van der Waals surface area contributed by atoms with Crippen molar-refractivity contribution in [3.8, 4) is 28.5 Å². The van der Waals surface area contributed by atoms with Gasteiger partial charge in [-0.1, -0.05) is 12.1 Å². The Kier molecular flexibility index (Phi) is 5.56. The molecule has 142 valence electrons. The lowest BCUT2D eigenvalue weighted by Gasteiger charge is -2.01. The van der Waals surface area contributed by atoms with E-state index in [-0.39, 0.29) is 0 Å². The van der Waals surface area contributed by atoms with Crippen LogP contribution in [0.4, 0.5) is 5.69 Å². The van der Waals surface area contributed by atoms with Gasteiger partial charge in [0.25, 0.3) is 0 Å². The first kappa shape index (κ1) is 18.7. The van der Waals surface area contributed by atoms with E-state index in [0.717, 1.165) is 34.9 Å². The Morgan fingerprint density at radius 3 is 2.38 bits per heavy atom. The molecular weight excluding hydrogens is 382 g/mol. The van der Waals surface area contributed by atoms with Crippen LogP contribution in [0.3, 0.4) is 0 Å². The van der Waals surface area contributed by atoms with Gasteiger partial charge in [-0.05, 0) is 48.6 Å². The van der Waals surface area contributed by atoms with E-state index in [1.807, 2.05) is 73.1 Å². The predicted octanol–water partition coefficient (Wildman–Crippen LogP) is 5.09. The van der Waals surface area contributed by atoms with Crippen LogP contribution in [0.15, 0.2) is 88.7 Å². The van der Waals surface area contributed by atoms with Crippen molar-refractivity contribution in [2.45, 2.75) is 6.54 Å². The third kappa shape index (κ3) is 4.46. The van der Waals surface area contributed by atoms with Crippen LogP contribution in [0.2, 0.25) is 0 Å². The second-order valence-corrected chi connectivity index (χ2v) is 6.57. The summed E-state index contributed by atoms with van der Waals surface area (Å²) in [4.78, 5) is 8.36. The van der Waals surface area contributed by atoms with Crippen molar-refractivity contribution in [3.05, 3.63) is 84.8 Å². The van der Waals surface area contributed by atoms with Crippen molar-refractivity contribution >= 4 is 23.1 Å². The Hall–Kier alpha value is -3.60. The molecule has 2 aromatic heterocycles. The Bertz CT molecular complexity index is 1140. The summed E-state index contributed by atoms with van der Waals surface area (Å²) < 4.78 is 13.2. The van der Waals surface area contributed by atoms with Crippen LogP contribution in [-0.2, 0) is 6.54 Å². The highest BCUT2D eigenvalue weighted by atomic mass is 32.1. The SMILES string of the molecule is COc1ccc(-c2ncc(-c3cc[n+](Cc4ccc(N=C=S)cc4)cc3)o2)cc1. The average Bonchev–Trinajstić information content (AvgIpc) is 3.26. The van der Waals surface area contributed by atoms with Crippen molar-refractivity contribution in [3.63, 3.8) is 0 Å². The zero-order chi connectivity index (χ0) is 20.1. The number of ether oxygens (including phenoxy) is 1. The predicted molar refractivity (Wildman–Crippen MR) is 114 cm³/mol. The number of hydrogen-bond donors (Lipinski definition) is 0. The molecule has 4 aromatic rings. The summed E-state index contributed by atoms with van der Waals surface area (Å²) in [6, 6.07) is 19.6. The minimum absolute atomic E-state index is 0.582. The van der Waals surface area contributed by atoms with Gasteiger partial charge >= 0.3 is 0 Å². The van der Waals surface area contributed by atoms with Crippen LogP contribution in [-0.4, -0.2) is 17.3 Å². The first-order chi connectivity index (χ1) is 14.2. The van der Waals surface area contributed by atoms with Gasteiger partial charge in [-0.25, -0.2) is 9.55 Å². The molecule has 0 atom stereocenters. The van der Waals surface area contributed by atoms with E-state index < -0.39 is 0 Å². The van der Waals surface area contributed by atoms with Crippen LogP contribution in [0.1, 0.15) is 5.56 Å². The maximum Gasteiger partial charge on any atom is 0.226 e. The number of oxazole rings is 1. The summed E-state index contributed by atoms with van der Waals surface area (Å²) in [7, 11) is 1.64. The third-order valence-corrected chi connectivity index (χ3v) is 4.59. The molecule has 4 rings (SSSR count). The first-order valence-corrected chi connectivity index (χ1v) is 9.42. The summed E-state index contributed by atoms with van der Waals surface area (Å²) in [5.41, 5.74) is 3.86. The van der Waals surface area contributed by atoms with Gasteiger partial charge in [0, 0.05) is 28.8 Å². The van der Waals surface area contributed by atoms with E-state index in [1.54, 1.807) is 13.3 Å². The topological polar surface area (TPSA) is 51.5 Å². The standard InChI is InChI=1S/C23H18N3O2S/c1-27-21-8-4-19(5-9-21)23-24-14-22(28-23)18-10-12-26(13-11-18)15-17-2-6-20(7-3-17)25-16-29/h2-14H,15H2,1H3/q+1. The van der Waals surface area contributed by atoms with Crippen molar-refractivity contribution in [1.82, 2.24) is 4.98 Å². The van der Waals surface area contributed by atoms with E-state index in [4.69, 9.17) is 9.15 Å². The number of aromatic nitrogens is 2. The monoisotopic (exact) mass is 400 g/mol. The Balaban J connectivity index is 1.47. The van der Waals surface area contributed by atoms with Crippen LogP contribution >= 0.6 is 12.2 Å². The van der Waals surface area contributed by atoms with Gasteiger partial charge in [0.05, 0.1) is 24.2 Å².